The third kappa shape index (κ3) is 2.58. The Morgan fingerprint density at radius 1 is 0.750 bits per heavy atom. The predicted molar refractivity (Wildman–Crippen MR) is 66.1 cm³/mol. The van der Waals surface area contributed by atoms with Crippen molar-refractivity contribution in [1.29, 1.82) is 5.26 Å². The van der Waals surface area contributed by atoms with Crippen LogP contribution in [0.5, 0.6) is 0 Å². The van der Waals surface area contributed by atoms with Crippen molar-refractivity contribution in [2.45, 2.75) is 69.7 Å². The van der Waals surface area contributed by atoms with Gasteiger partial charge in [0.05, 0.1) is 6.07 Å². The van der Waals surface area contributed by atoms with E-state index >= 15 is 0 Å². The van der Waals surface area contributed by atoms with Crippen LogP contribution in [0.15, 0.2) is 0 Å². The second-order valence-electron chi connectivity index (χ2n) is 5.46. The first-order chi connectivity index (χ1) is 7.87. The topological polar surface area (TPSA) is 27.0 Å². The number of rotatable bonds is 1. The average molecular weight is 220 g/mol. The van der Waals surface area contributed by atoms with Crippen LogP contribution in [0.25, 0.3) is 0 Å². The van der Waals surface area contributed by atoms with Gasteiger partial charge in [-0.15, -0.1) is 0 Å². The quantitative estimate of drug-likeness (QED) is 0.676. The smallest absolute Gasteiger partial charge is 0.109 e. The van der Waals surface area contributed by atoms with E-state index in [1.807, 2.05) is 0 Å². The van der Waals surface area contributed by atoms with Crippen LogP contribution in [-0.2, 0) is 0 Å². The van der Waals surface area contributed by atoms with Crippen LogP contribution < -0.4 is 0 Å². The molecule has 16 heavy (non-hydrogen) atoms. The van der Waals surface area contributed by atoms with Crippen molar-refractivity contribution in [1.82, 2.24) is 4.90 Å². The standard InChI is InChI=1S/C14H24N2/c15-13-14(16-11-7-4-8-12-16)9-5-2-1-3-6-10-14/h1-12H2. The minimum absolute atomic E-state index is 0.0964. The fourth-order valence-corrected chi connectivity index (χ4v) is 3.31. The Labute approximate surface area is 99.6 Å². The first-order valence-electron chi connectivity index (χ1n) is 7.04. The lowest BCUT2D eigenvalue weighted by molar-refractivity contribution is 0.0862. The first-order valence-corrected chi connectivity index (χ1v) is 7.04. The van der Waals surface area contributed by atoms with Crippen LogP contribution in [0.1, 0.15) is 64.2 Å². The van der Waals surface area contributed by atoms with Crippen LogP contribution in [0.2, 0.25) is 0 Å². The molecule has 2 fully saturated rings. The zero-order chi connectivity index (χ0) is 11.3. The summed E-state index contributed by atoms with van der Waals surface area (Å²) in [6.45, 7) is 2.32. The molecule has 2 heteroatoms. The van der Waals surface area contributed by atoms with E-state index in [0.29, 0.717) is 0 Å². The minimum Gasteiger partial charge on any atom is -0.286 e. The van der Waals surface area contributed by atoms with Crippen molar-refractivity contribution in [2.24, 2.45) is 0 Å². The van der Waals surface area contributed by atoms with Gasteiger partial charge in [0, 0.05) is 0 Å². The summed E-state index contributed by atoms with van der Waals surface area (Å²) in [6, 6.07) is 2.68. The number of hydrogen-bond donors (Lipinski definition) is 0. The second kappa shape index (κ2) is 5.68. The summed E-state index contributed by atoms with van der Waals surface area (Å²) in [5, 5.41) is 9.62. The summed E-state index contributed by atoms with van der Waals surface area (Å²) in [6.07, 6.45) is 12.7. The van der Waals surface area contributed by atoms with Crippen molar-refractivity contribution in [3.05, 3.63) is 0 Å². The molecule has 1 saturated carbocycles. The molecule has 0 amide bonds. The first kappa shape index (κ1) is 11.9. The summed E-state index contributed by atoms with van der Waals surface area (Å²) < 4.78 is 0. The molecule has 0 aromatic heterocycles. The number of likely N-dealkylation sites (tertiary alicyclic amines) is 1. The molecule has 0 unspecified atom stereocenters. The molecule has 1 aliphatic heterocycles. The van der Waals surface area contributed by atoms with Gasteiger partial charge in [0.15, 0.2) is 0 Å². The van der Waals surface area contributed by atoms with E-state index in [1.165, 1.54) is 51.4 Å². The molecule has 2 rings (SSSR count). The van der Waals surface area contributed by atoms with E-state index in [9.17, 15) is 5.26 Å². The molecule has 0 aromatic carbocycles. The van der Waals surface area contributed by atoms with Crippen molar-refractivity contribution in [3.63, 3.8) is 0 Å². The SMILES string of the molecule is N#CC1(N2CCCCC2)CCCCCCC1. The highest BCUT2D eigenvalue weighted by Gasteiger charge is 2.36. The minimum atomic E-state index is -0.0964. The molecule has 2 aliphatic rings. The van der Waals surface area contributed by atoms with E-state index in [1.54, 1.807) is 0 Å². The summed E-state index contributed by atoms with van der Waals surface area (Å²) in [7, 11) is 0. The van der Waals surface area contributed by atoms with Gasteiger partial charge in [-0.3, -0.25) is 4.90 Å². The number of hydrogen-bond acceptors (Lipinski definition) is 2. The maximum absolute atomic E-state index is 9.62. The van der Waals surface area contributed by atoms with E-state index in [-0.39, 0.29) is 5.54 Å². The molecule has 2 nitrogen and oxygen atoms in total. The molecule has 0 aromatic rings. The zero-order valence-corrected chi connectivity index (χ0v) is 10.4. The maximum atomic E-state index is 9.62. The van der Waals surface area contributed by atoms with E-state index < -0.39 is 0 Å². The normalized spacial score (nSPS) is 27.7. The largest absolute Gasteiger partial charge is 0.286 e. The van der Waals surface area contributed by atoms with Crippen molar-refractivity contribution >= 4 is 0 Å². The molecule has 0 radical (unpaired) electrons. The van der Waals surface area contributed by atoms with Gasteiger partial charge in [0.1, 0.15) is 5.54 Å². The highest BCUT2D eigenvalue weighted by atomic mass is 15.2. The molecular formula is C14H24N2. The molecule has 0 N–H and O–H groups in total. The third-order valence-electron chi connectivity index (χ3n) is 4.35. The Balaban J connectivity index is 2.05. The fraction of sp³-hybridized carbons (Fsp3) is 0.929. The van der Waals surface area contributed by atoms with Gasteiger partial charge in [0.25, 0.3) is 0 Å². The number of piperidine rings is 1. The van der Waals surface area contributed by atoms with Crippen molar-refractivity contribution in [3.8, 4) is 6.07 Å². The van der Waals surface area contributed by atoms with Crippen LogP contribution >= 0.6 is 0 Å². The van der Waals surface area contributed by atoms with E-state index in [2.05, 4.69) is 11.0 Å². The van der Waals surface area contributed by atoms with E-state index in [4.69, 9.17) is 0 Å². The predicted octanol–water partition coefficient (Wildman–Crippen LogP) is 3.48. The van der Waals surface area contributed by atoms with Gasteiger partial charge in [-0.2, -0.15) is 5.26 Å². The van der Waals surface area contributed by atoms with Gasteiger partial charge in [-0.1, -0.05) is 38.5 Å². The van der Waals surface area contributed by atoms with Crippen molar-refractivity contribution in [2.75, 3.05) is 13.1 Å². The van der Waals surface area contributed by atoms with E-state index in [0.717, 1.165) is 25.9 Å². The molecule has 1 saturated heterocycles. The zero-order valence-electron chi connectivity index (χ0n) is 10.4. The third-order valence-corrected chi connectivity index (χ3v) is 4.35. The van der Waals surface area contributed by atoms with Gasteiger partial charge in [-0.25, -0.2) is 0 Å². The summed E-state index contributed by atoms with van der Waals surface area (Å²) in [5.41, 5.74) is -0.0964. The maximum Gasteiger partial charge on any atom is 0.109 e. The van der Waals surface area contributed by atoms with Crippen LogP contribution in [0.4, 0.5) is 0 Å². The lowest BCUT2D eigenvalue weighted by Gasteiger charge is -2.42. The molecule has 0 spiro atoms. The molecule has 1 heterocycles. The van der Waals surface area contributed by atoms with Crippen LogP contribution in [-0.4, -0.2) is 23.5 Å². The molecule has 90 valence electrons. The van der Waals surface area contributed by atoms with Crippen LogP contribution in [0.3, 0.4) is 0 Å². The number of nitriles is 1. The van der Waals surface area contributed by atoms with Gasteiger partial charge >= 0.3 is 0 Å². The Morgan fingerprint density at radius 2 is 1.25 bits per heavy atom. The monoisotopic (exact) mass is 220 g/mol. The fourth-order valence-electron chi connectivity index (χ4n) is 3.31. The molecule has 0 bridgehead atoms. The summed E-state index contributed by atoms with van der Waals surface area (Å²) in [4.78, 5) is 2.50. The lowest BCUT2D eigenvalue weighted by atomic mass is 9.82. The second-order valence-corrected chi connectivity index (χ2v) is 5.46. The van der Waals surface area contributed by atoms with Crippen molar-refractivity contribution < 1.29 is 0 Å². The van der Waals surface area contributed by atoms with Gasteiger partial charge in [0.2, 0.25) is 0 Å². The molecule has 1 aliphatic carbocycles. The van der Waals surface area contributed by atoms with Gasteiger partial charge in [-0.05, 0) is 38.8 Å². The number of nitrogens with zero attached hydrogens (tertiary/aromatic N) is 2. The van der Waals surface area contributed by atoms with Crippen LogP contribution in [0, 0.1) is 11.3 Å². The average Bonchev–Trinajstić information content (AvgIpc) is 2.31. The molecular weight excluding hydrogens is 196 g/mol. The lowest BCUT2D eigenvalue weighted by Crippen LogP contribution is -2.50. The summed E-state index contributed by atoms with van der Waals surface area (Å²) in [5.74, 6) is 0. The highest BCUT2D eigenvalue weighted by Crippen LogP contribution is 2.33. The Kier molecular flexibility index (Phi) is 4.23. The Bertz CT molecular complexity index is 240. The highest BCUT2D eigenvalue weighted by molar-refractivity contribution is 5.09. The Morgan fingerprint density at radius 3 is 1.81 bits per heavy atom. The summed E-state index contributed by atoms with van der Waals surface area (Å²) >= 11 is 0. The molecule has 0 atom stereocenters. The Hall–Kier alpha value is -0.550. The van der Waals surface area contributed by atoms with Gasteiger partial charge < -0.3 is 0 Å².